The predicted molar refractivity (Wildman–Crippen MR) is 118 cm³/mol. The quantitative estimate of drug-likeness (QED) is 0.632. The standard InChI is InChI=1S/C23H35N5O2/c29-23-27(20-24-28(23)16-15-25-11-5-2-6-12-25)19-21-9-13-26(14-10-21)17-18-30-22-7-3-1-4-8-22/h1,3-4,7-8,20-21H,2,5-6,9-19H2. The first-order valence-corrected chi connectivity index (χ1v) is 11.5. The molecular formula is C23H35N5O2. The van der Waals surface area contributed by atoms with Crippen LogP contribution in [0, 0.1) is 5.92 Å². The molecule has 0 bridgehead atoms. The van der Waals surface area contributed by atoms with Crippen LogP contribution >= 0.6 is 0 Å². The second kappa shape index (κ2) is 10.8. The average Bonchev–Trinajstić information content (AvgIpc) is 3.14. The molecule has 2 saturated heterocycles. The summed E-state index contributed by atoms with van der Waals surface area (Å²) in [6.45, 7) is 8.55. The molecule has 0 atom stereocenters. The van der Waals surface area contributed by atoms with E-state index in [-0.39, 0.29) is 5.69 Å². The normalized spacial score (nSPS) is 19.2. The summed E-state index contributed by atoms with van der Waals surface area (Å²) < 4.78 is 9.27. The number of likely N-dealkylation sites (tertiary alicyclic amines) is 2. The molecule has 1 aromatic carbocycles. The molecule has 3 heterocycles. The van der Waals surface area contributed by atoms with Crippen molar-refractivity contribution in [3.8, 4) is 5.75 Å². The summed E-state index contributed by atoms with van der Waals surface area (Å²) >= 11 is 0. The van der Waals surface area contributed by atoms with Gasteiger partial charge >= 0.3 is 5.69 Å². The third-order valence-electron chi connectivity index (χ3n) is 6.46. The molecule has 164 valence electrons. The Morgan fingerprint density at radius 2 is 1.63 bits per heavy atom. The molecule has 2 aliphatic rings. The third-order valence-corrected chi connectivity index (χ3v) is 6.46. The number of aromatic nitrogens is 3. The molecule has 0 amide bonds. The van der Waals surface area contributed by atoms with E-state index in [1.807, 2.05) is 34.9 Å². The fraction of sp³-hybridized carbons (Fsp3) is 0.652. The highest BCUT2D eigenvalue weighted by Crippen LogP contribution is 2.18. The molecule has 0 aliphatic carbocycles. The molecule has 0 spiro atoms. The lowest BCUT2D eigenvalue weighted by Gasteiger charge is -2.31. The van der Waals surface area contributed by atoms with E-state index >= 15 is 0 Å². The number of rotatable bonds is 9. The smallest absolute Gasteiger partial charge is 0.345 e. The van der Waals surface area contributed by atoms with Crippen LogP contribution in [0.1, 0.15) is 32.1 Å². The van der Waals surface area contributed by atoms with Gasteiger partial charge in [0.05, 0.1) is 6.54 Å². The maximum atomic E-state index is 12.7. The number of piperidine rings is 2. The Morgan fingerprint density at radius 1 is 0.900 bits per heavy atom. The molecule has 1 aromatic heterocycles. The van der Waals surface area contributed by atoms with Crippen LogP contribution in [-0.4, -0.2) is 70.0 Å². The highest BCUT2D eigenvalue weighted by Gasteiger charge is 2.21. The summed E-state index contributed by atoms with van der Waals surface area (Å²) in [6.07, 6.45) is 7.87. The van der Waals surface area contributed by atoms with E-state index in [4.69, 9.17) is 4.74 Å². The predicted octanol–water partition coefficient (Wildman–Crippen LogP) is 2.32. The summed E-state index contributed by atoms with van der Waals surface area (Å²) in [5.41, 5.74) is 0.0469. The van der Waals surface area contributed by atoms with Crippen molar-refractivity contribution in [2.45, 2.75) is 45.2 Å². The van der Waals surface area contributed by atoms with Gasteiger partial charge in [-0.1, -0.05) is 24.6 Å². The molecule has 0 N–H and O–H groups in total. The van der Waals surface area contributed by atoms with E-state index < -0.39 is 0 Å². The van der Waals surface area contributed by atoms with Gasteiger partial charge in [-0.2, -0.15) is 5.10 Å². The van der Waals surface area contributed by atoms with E-state index in [0.717, 1.165) is 71.0 Å². The minimum atomic E-state index is 0.0469. The Kier molecular flexibility index (Phi) is 7.59. The van der Waals surface area contributed by atoms with Crippen LogP contribution in [0.25, 0.3) is 0 Å². The van der Waals surface area contributed by atoms with Gasteiger partial charge in [-0.3, -0.25) is 9.47 Å². The lowest BCUT2D eigenvalue weighted by atomic mass is 9.97. The summed E-state index contributed by atoms with van der Waals surface area (Å²) in [5.74, 6) is 1.48. The Hall–Kier alpha value is -2.12. The number of hydrogen-bond acceptors (Lipinski definition) is 5. The molecular weight excluding hydrogens is 378 g/mol. The summed E-state index contributed by atoms with van der Waals surface area (Å²) in [5, 5.41) is 4.36. The maximum absolute atomic E-state index is 12.7. The number of para-hydroxylation sites is 1. The van der Waals surface area contributed by atoms with Gasteiger partial charge in [0, 0.05) is 19.6 Å². The van der Waals surface area contributed by atoms with Gasteiger partial charge < -0.3 is 9.64 Å². The van der Waals surface area contributed by atoms with Crippen molar-refractivity contribution < 1.29 is 4.74 Å². The van der Waals surface area contributed by atoms with Crippen molar-refractivity contribution in [2.24, 2.45) is 5.92 Å². The van der Waals surface area contributed by atoms with Crippen LogP contribution in [0.4, 0.5) is 0 Å². The number of ether oxygens (including phenoxy) is 1. The van der Waals surface area contributed by atoms with E-state index in [0.29, 0.717) is 12.5 Å². The lowest BCUT2D eigenvalue weighted by molar-refractivity contribution is 0.147. The van der Waals surface area contributed by atoms with E-state index in [2.05, 4.69) is 14.9 Å². The first-order chi connectivity index (χ1) is 14.8. The number of nitrogens with zero attached hydrogens (tertiary/aromatic N) is 5. The fourth-order valence-electron chi connectivity index (χ4n) is 4.55. The van der Waals surface area contributed by atoms with Crippen molar-refractivity contribution >= 4 is 0 Å². The highest BCUT2D eigenvalue weighted by atomic mass is 16.5. The monoisotopic (exact) mass is 413 g/mol. The van der Waals surface area contributed by atoms with Crippen molar-refractivity contribution in [3.63, 3.8) is 0 Å². The molecule has 0 unspecified atom stereocenters. The molecule has 2 aromatic rings. The number of benzene rings is 1. The highest BCUT2D eigenvalue weighted by molar-refractivity contribution is 5.20. The van der Waals surface area contributed by atoms with Crippen LogP contribution in [0.3, 0.4) is 0 Å². The van der Waals surface area contributed by atoms with Crippen LogP contribution in [0.5, 0.6) is 5.75 Å². The van der Waals surface area contributed by atoms with Gasteiger partial charge in [0.15, 0.2) is 0 Å². The molecule has 7 heteroatoms. The van der Waals surface area contributed by atoms with E-state index in [9.17, 15) is 4.79 Å². The molecule has 2 aliphatic heterocycles. The van der Waals surface area contributed by atoms with Crippen LogP contribution in [0.2, 0.25) is 0 Å². The van der Waals surface area contributed by atoms with Crippen LogP contribution < -0.4 is 10.4 Å². The van der Waals surface area contributed by atoms with E-state index in [1.54, 1.807) is 11.0 Å². The lowest BCUT2D eigenvalue weighted by Crippen LogP contribution is -2.39. The zero-order valence-electron chi connectivity index (χ0n) is 18.0. The van der Waals surface area contributed by atoms with Crippen molar-refractivity contribution in [1.29, 1.82) is 0 Å². The molecule has 0 saturated carbocycles. The SMILES string of the molecule is O=c1n(CC2CCN(CCOc3ccccc3)CC2)cnn1CCN1CCCCC1. The second-order valence-corrected chi connectivity index (χ2v) is 8.64. The van der Waals surface area contributed by atoms with Crippen molar-refractivity contribution in [1.82, 2.24) is 24.1 Å². The topological polar surface area (TPSA) is 55.5 Å². The van der Waals surface area contributed by atoms with Gasteiger partial charge in [-0.15, -0.1) is 0 Å². The van der Waals surface area contributed by atoms with Gasteiger partial charge in [0.2, 0.25) is 0 Å². The molecule has 2 fully saturated rings. The van der Waals surface area contributed by atoms with E-state index in [1.165, 1.54) is 19.3 Å². The molecule has 4 rings (SSSR count). The minimum Gasteiger partial charge on any atom is -0.492 e. The van der Waals surface area contributed by atoms with Crippen LogP contribution in [0.15, 0.2) is 41.5 Å². The first-order valence-electron chi connectivity index (χ1n) is 11.5. The summed E-state index contributed by atoms with van der Waals surface area (Å²) in [7, 11) is 0. The van der Waals surface area contributed by atoms with Gasteiger partial charge in [-0.05, 0) is 69.9 Å². The molecule has 30 heavy (non-hydrogen) atoms. The molecule has 0 radical (unpaired) electrons. The maximum Gasteiger partial charge on any atom is 0.345 e. The second-order valence-electron chi connectivity index (χ2n) is 8.64. The van der Waals surface area contributed by atoms with Gasteiger partial charge in [0.1, 0.15) is 18.7 Å². The zero-order chi connectivity index (χ0) is 20.6. The van der Waals surface area contributed by atoms with Gasteiger partial charge in [0.25, 0.3) is 0 Å². The summed E-state index contributed by atoms with van der Waals surface area (Å²) in [4.78, 5) is 17.6. The molecule has 7 nitrogen and oxygen atoms in total. The minimum absolute atomic E-state index is 0.0469. The Morgan fingerprint density at radius 3 is 2.40 bits per heavy atom. The van der Waals surface area contributed by atoms with Crippen molar-refractivity contribution in [3.05, 3.63) is 47.1 Å². The van der Waals surface area contributed by atoms with Crippen molar-refractivity contribution in [2.75, 3.05) is 45.9 Å². The fourth-order valence-corrected chi connectivity index (χ4v) is 4.55. The first kappa shape index (κ1) is 21.1. The Labute approximate surface area is 179 Å². The van der Waals surface area contributed by atoms with Gasteiger partial charge in [-0.25, -0.2) is 9.48 Å². The van der Waals surface area contributed by atoms with Crippen LogP contribution in [-0.2, 0) is 13.1 Å². The Bertz CT molecular complexity index is 805. The average molecular weight is 414 g/mol. The Balaban J connectivity index is 1.17. The largest absolute Gasteiger partial charge is 0.492 e. The number of hydrogen-bond donors (Lipinski definition) is 0. The summed E-state index contributed by atoms with van der Waals surface area (Å²) in [6, 6.07) is 9.99. The zero-order valence-corrected chi connectivity index (χ0v) is 18.0. The third kappa shape index (κ3) is 5.95.